The van der Waals surface area contributed by atoms with Crippen LogP contribution in [0.4, 0.5) is 0 Å². The molecule has 6 saturated carbocycles. The van der Waals surface area contributed by atoms with Crippen LogP contribution in [0.3, 0.4) is 0 Å². The second-order valence-corrected chi connectivity index (χ2v) is 360. The predicted molar refractivity (Wildman–Crippen MR) is 889 cm³/mol. The van der Waals surface area contributed by atoms with Crippen molar-refractivity contribution < 1.29 is 101 Å². The van der Waals surface area contributed by atoms with Crippen molar-refractivity contribution in [1.82, 2.24) is 0 Å². The van der Waals surface area contributed by atoms with Gasteiger partial charge in [0.2, 0.25) is 0 Å². The van der Waals surface area contributed by atoms with Gasteiger partial charge in [-0.25, -0.2) is 0 Å². The summed E-state index contributed by atoms with van der Waals surface area (Å²) in [6, 6.07) is 0. The molecule has 0 saturated heterocycles. The average molecular weight is 3420 g/mol. The van der Waals surface area contributed by atoms with Gasteiger partial charge in [0, 0.05) is 35.9 Å². The summed E-state index contributed by atoms with van der Waals surface area (Å²) in [5.41, 5.74) is -4.65. The van der Waals surface area contributed by atoms with Gasteiger partial charge in [-0.3, -0.25) is 14.4 Å². The molecule has 6 rings (SSSR count). The van der Waals surface area contributed by atoms with Crippen molar-refractivity contribution in [3.05, 3.63) is 49.6 Å². The van der Waals surface area contributed by atoms with Crippen LogP contribution >= 0.6 is 660 Å². The molecule has 137 heavy (non-hydrogen) atoms. The van der Waals surface area contributed by atoms with Crippen molar-refractivity contribution in [3.8, 4) is 0 Å². The molecule has 0 aromatic rings. The number of Topliss-reactive ketones (excluding diaryl/α,β-unsaturated/α-hetero) is 2. The number of ether oxygens (including phenoxy) is 3. The molecule has 6 fully saturated rings. The summed E-state index contributed by atoms with van der Waals surface area (Å²) in [6.45, 7) is 24.7. The predicted octanol–water partition coefficient (Wildman–Crippen LogP) is 50.4. The van der Waals surface area contributed by atoms with Crippen LogP contribution in [-0.2, 0) is 28.6 Å². The average Bonchev–Trinajstić information content (AvgIpc) is 1.51. The number of esters is 1. The number of allylic oxidation sites excluding steroid dienone is 4. The maximum absolute atomic E-state index is 13.6. The summed E-state index contributed by atoms with van der Waals surface area (Å²) in [7, 11) is 147. The minimum atomic E-state index is -1.66. The second kappa shape index (κ2) is 81.8. The number of hydrogen-bond donors (Lipinski definition) is 3. The van der Waals surface area contributed by atoms with E-state index in [0.717, 1.165) is 38.4 Å². The third-order valence-corrected chi connectivity index (χ3v) is 575. The molecule has 10 nitrogen and oxygen atoms in total. The Morgan fingerprint density at radius 3 is 0.854 bits per heavy atom. The number of aliphatic hydroxyl groups is 3. The largest absolute Gasteiger partial charge is 1.00 e. The van der Waals surface area contributed by atoms with Gasteiger partial charge in [-0.15, -0.1) is 387 Å². The van der Waals surface area contributed by atoms with E-state index < -0.39 is 63.2 Å². The molecule has 0 spiro atoms. The Hall–Kier alpha value is 34.3. The number of hydrogen-bond acceptors (Lipinski definition) is 10. The maximum Gasteiger partial charge on any atom is 1.00 e. The van der Waals surface area contributed by atoms with E-state index in [1.54, 1.807) is 12.2 Å². The fourth-order valence-corrected chi connectivity index (χ4v) is 1120. The zero-order valence-electron chi connectivity index (χ0n) is 77.0. The van der Waals surface area contributed by atoms with Gasteiger partial charge in [0.05, 0.1) is 6.10 Å². The minimum Gasteiger partial charge on any atom is -0.870 e. The van der Waals surface area contributed by atoms with Gasteiger partial charge < -0.3 is 35.0 Å². The summed E-state index contributed by atoms with van der Waals surface area (Å²) in [5, 5.41) is 35.6. The Kier molecular flexibility index (Phi) is 101. The first-order valence-electron chi connectivity index (χ1n) is 38.1. The number of carbonyl (C=O) groups is 3. The Morgan fingerprint density at radius 2 is 0.635 bits per heavy atom. The number of halogens is 1. The molecule has 800 valence electrons. The van der Waals surface area contributed by atoms with Gasteiger partial charge >= 0.3 is 57.4 Å². The van der Waals surface area contributed by atoms with E-state index in [0.29, 0.717) is 32.1 Å². The van der Waals surface area contributed by atoms with E-state index in [9.17, 15) is 29.7 Å². The van der Waals surface area contributed by atoms with Crippen LogP contribution in [0.1, 0.15) is 92.9 Å². The third-order valence-electron chi connectivity index (χ3n) is 24.1. The molecule has 47 unspecified atom stereocenters. The normalized spacial score (nSPS) is 28.8. The zero-order valence-corrected chi connectivity index (χ0v) is 164. The van der Waals surface area contributed by atoms with Crippen molar-refractivity contribution in [3.63, 3.8) is 0 Å². The Bertz CT molecular complexity index is 3480. The van der Waals surface area contributed by atoms with Crippen LogP contribution in [-0.4, -0.2) is 94.0 Å². The first-order chi connectivity index (χ1) is 61.9. The topological polar surface area (TPSA) is 170 Å². The van der Waals surface area contributed by atoms with Crippen LogP contribution in [0.5, 0.6) is 0 Å². The first-order valence-corrected chi connectivity index (χ1v) is 185. The SMILES string of the molecule is C=CC(=C)[C@@H]1C[C@@H](O)[C@]2(C)[C@H](C)CC[C@]3(C[C@H](OC)C(=O)[C@]32O)[C@H]1C.C=CC(=C)[C@@H]1C[C@@H](OC(=O)CCl)[C@]2(C)[C@H](C)CC[C@]3(C[C@H](OC)C(=O)[C@]32O)[C@H]1C.PP(P)P(P)P(P(P)P)P(P(P(P(P)P)P(P)P)P(P(P)P)P(P)P)P(P(P(P)P)P(P)P)P(P(P)P)P(P)P.PPP(P(P)P)P(P(P)P)P(P(P(P(P)P)P(P)P)P(P(P)P)P(P)P)P(P(P(P)P)P(P)P)P(P(P)P)P(P)P.[K+].[OH-]. The van der Waals surface area contributed by atoms with Crippen LogP contribution < -0.4 is 51.4 Å². The fourth-order valence-electron chi connectivity index (χ4n) is 17.8. The molecule has 0 amide bonds. The second-order valence-electron chi connectivity index (χ2n) is 30.8. The molecule has 63 atom stereocenters. The molecule has 0 aromatic heterocycles. The summed E-state index contributed by atoms with van der Waals surface area (Å²) >= 11 is 5.74. The number of rotatable bonds is 45. The Morgan fingerprint density at radius 1 is 0.401 bits per heavy atom. The Labute approximate surface area is 1020 Å². The van der Waals surface area contributed by atoms with Crippen LogP contribution in [0, 0.1) is 57.2 Å². The van der Waals surface area contributed by atoms with E-state index in [4.69, 9.17) is 25.8 Å². The summed E-state index contributed by atoms with van der Waals surface area (Å²) in [5.74, 6) is -1.49. The molecule has 0 aromatic carbocycles. The zero-order chi connectivity index (χ0) is 105. The summed E-state index contributed by atoms with van der Waals surface area (Å²) in [4.78, 5) is 39.2. The number of ketones is 2. The van der Waals surface area contributed by atoms with Crippen molar-refractivity contribution >= 4 is 678 Å². The third kappa shape index (κ3) is 43.7. The molecule has 6 aliphatic carbocycles. The molecule has 0 aliphatic heterocycles. The van der Waals surface area contributed by atoms with Crippen LogP contribution in [0.25, 0.3) is 0 Å². The monoisotopic (exact) mass is 3420 g/mol. The molecular formula is C44H151ClKO10P81. The van der Waals surface area contributed by atoms with Gasteiger partial charge in [0.15, 0.2) is 11.6 Å². The van der Waals surface area contributed by atoms with Crippen LogP contribution in [0.2, 0.25) is 0 Å². The van der Waals surface area contributed by atoms with Crippen molar-refractivity contribution in [2.45, 2.75) is 129 Å². The quantitative estimate of drug-likeness (QED) is 0.0175. The van der Waals surface area contributed by atoms with Gasteiger partial charge in [0.1, 0.15) is 35.4 Å². The molecular weight excluding hydrogens is 3270 g/mol. The van der Waals surface area contributed by atoms with E-state index >= 15 is 0 Å². The molecule has 6 aliphatic rings. The molecule has 4 N–H and O–H groups in total. The van der Waals surface area contributed by atoms with E-state index in [1.807, 2.05) is 27.7 Å². The van der Waals surface area contributed by atoms with Crippen molar-refractivity contribution in [1.29, 1.82) is 0 Å². The number of aliphatic hydroxyl groups excluding tert-OH is 1. The maximum atomic E-state index is 13.6. The summed E-state index contributed by atoms with van der Waals surface area (Å²) in [6.07, 6.45) is 5.88. The molecule has 4 bridgehead atoms. The smallest absolute Gasteiger partial charge is 0.870 e. The number of alkyl halides is 1. The van der Waals surface area contributed by atoms with Crippen molar-refractivity contribution in [2.24, 2.45) is 57.2 Å². The minimum absolute atomic E-state index is 0. The van der Waals surface area contributed by atoms with E-state index in [1.165, 1.54) is 14.2 Å². The standard InChI is InChI=1S/C23H33ClO5.C21H32O4.K.H2O.H43P41.H42P40/c1-7-13(2)16-10-18(29-19(25)12-24)21(5)14(3)8-9-22(15(16)4)11-17(28-6)20(26)23(21,22)27;1-7-12(2)15-10-17(22)19(5)13(3)8-9-20(14(15)4)11-16(25-6)18(23)21(19,20)24;;;1-22-33(23(2)3)38(32(20)21)41(39(34(24(4)5)25(6)7)35(26(8)9)27(10)11)40(36(28(12)13)29(14)15)37(30(16)17)31(18)19;1-22(2)32(21)37(31(19)20)40(38(33(23(3)4)24(5)6)34(25(7)8)26(9)10)39(35(27(11)12)28(13)14)36(29(15)16)30(17)18/h7,14-18,27H,1-2,8-12H2,3-6H3;7,13-17,22,24H,1-2,8-11H2,3-6H3;;1H2;22H,1-21H2;1-21H2/q;;+1;;;/p-1/t14-,15+,16+,17+,18-,21+,22+,23-;13-,14+,15+,16+,17-,19+,20+,21-;;;;/m11..../s1. The van der Waals surface area contributed by atoms with E-state index in [-0.39, 0.29) is 375 Å². The number of carbonyl (C=O) groups excluding carboxylic acids is 3. The first kappa shape index (κ1) is 169. The Balaban J connectivity index is 0.000000923. The van der Waals surface area contributed by atoms with Gasteiger partial charge in [-0.05, 0) is 352 Å². The van der Waals surface area contributed by atoms with Crippen molar-refractivity contribution in [2.75, 3.05) is 20.1 Å². The van der Waals surface area contributed by atoms with Crippen LogP contribution in [0.15, 0.2) is 49.6 Å². The van der Waals surface area contributed by atoms with Gasteiger partial charge in [-0.2, -0.15) is 0 Å². The fraction of sp³-hybridized carbons (Fsp3) is 0.750. The molecule has 93 heteroatoms. The molecule has 0 radical (unpaired) electrons. The number of methoxy groups -OCH3 is 2. The van der Waals surface area contributed by atoms with Gasteiger partial charge in [0.25, 0.3) is 0 Å². The van der Waals surface area contributed by atoms with Gasteiger partial charge in [-0.1, -0.05) is 99.1 Å². The summed E-state index contributed by atoms with van der Waals surface area (Å²) < 4.78 is 16.8. The molecule has 0 heterocycles. The van der Waals surface area contributed by atoms with E-state index in [2.05, 4.69) is 415 Å².